The molecular formula is C60H36N12. The number of pyridine rings is 6. The maximum atomic E-state index is 5.07. The van der Waals surface area contributed by atoms with Gasteiger partial charge in [-0.15, -0.1) is 0 Å². The molecule has 4 aromatic carbocycles. The average Bonchev–Trinajstić information content (AvgIpc) is 3.47. The Labute approximate surface area is 412 Å². The summed E-state index contributed by atoms with van der Waals surface area (Å²) in [4.78, 5) is 57.4. The third-order valence-corrected chi connectivity index (χ3v) is 12.5. The van der Waals surface area contributed by atoms with Gasteiger partial charge in [0.2, 0.25) is 0 Å². The fourth-order valence-electron chi connectivity index (χ4n) is 8.92. The highest BCUT2D eigenvalue weighted by Crippen LogP contribution is 2.38. The number of hydrogen-bond acceptors (Lipinski definition) is 12. The maximum absolute atomic E-state index is 5.07. The van der Waals surface area contributed by atoms with Gasteiger partial charge in [0.05, 0.1) is 34.2 Å². The van der Waals surface area contributed by atoms with E-state index >= 15 is 0 Å². The zero-order valence-corrected chi connectivity index (χ0v) is 38.2. The van der Waals surface area contributed by atoms with E-state index in [0.29, 0.717) is 50.6 Å². The van der Waals surface area contributed by atoms with Crippen LogP contribution in [0.15, 0.2) is 219 Å². The molecule has 0 aliphatic rings. The van der Waals surface area contributed by atoms with Crippen molar-refractivity contribution in [2.45, 2.75) is 0 Å². The molecule has 0 aliphatic carbocycles. The number of nitrogens with zero attached hydrogens (tertiary/aromatic N) is 12. The van der Waals surface area contributed by atoms with Gasteiger partial charge in [-0.1, -0.05) is 91.0 Å². The van der Waals surface area contributed by atoms with Crippen molar-refractivity contribution in [3.05, 3.63) is 219 Å². The Hall–Kier alpha value is -10.2. The van der Waals surface area contributed by atoms with Gasteiger partial charge in [0.1, 0.15) is 33.6 Å². The molecule has 13 aromatic rings. The Balaban J connectivity index is 0.918. The topological polar surface area (TPSA) is 155 Å². The first-order valence-corrected chi connectivity index (χ1v) is 23.3. The number of benzene rings is 4. The standard InChI is InChI=1S/C60H36N12/c1-4-28-61-46(10-1)55-52(67-49-13-7-31-64-58(49)70-55)40-22-16-37(17-23-40)43-34-44(38-18-24-41(25-19-38)53-56(47-11-2-5-29-62-47)71-59-50(68-53)14-8-32-65-59)36-45(35-43)39-20-26-42(27-21-39)54-57(48-12-3-6-30-63-48)72-60-51(69-54)15-9-33-66-60/h1-36H. The lowest BCUT2D eigenvalue weighted by Gasteiger charge is -2.14. The molecular weight excluding hydrogens is 889 g/mol. The second-order valence-corrected chi connectivity index (χ2v) is 17.0. The highest BCUT2D eigenvalue weighted by Gasteiger charge is 2.19. The van der Waals surface area contributed by atoms with Crippen molar-refractivity contribution in [1.29, 1.82) is 0 Å². The number of hydrogen-bond donors (Lipinski definition) is 0. The quantitative estimate of drug-likeness (QED) is 0.135. The highest BCUT2D eigenvalue weighted by atomic mass is 15.0. The second kappa shape index (κ2) is 18.0. The first-order valence-electron chi connectivity index (χ1n) is 23.3. The largest absolute Gasteiger partial charge is 0.255 e. The molecule has 0 amide bonds. The Morgan fingerprint density at radius 2 is 0.472 bits per heavy atom. The van der Waals surface area contributed by atoms with Crippen LogP contribution < -0.4 is 0 Å². The van der Waals surface area contributed by atoms with Crippen molar-refractivity contribution in [3.63, 3.8) is 0 Å². The van der Waals surface area contributed by atoms with E-state index in [9.17, 15) is 0 Å². The summed E-state index contributed by atoms with van der Waals surface area (Å²) in [6, 6.07) is 60.9. The van der Waals surface area contributed by atoms with Crippen molar-refractivity contribution < 1.29 is 0 Å². The van der Waals surface area contributed by atoms with Gasteiger partial charge in [-0.25, -0.2) is 44.9 Å². The summed E-state index contributed by atoms with van der Waals surface area (Å²) in [6.07, 6.45) is 10.5. The summed E-state index contributed by atoms with van der Waals surface area (Å²) in [5, 5.41) is 0. The van der Waals surface area contributed by atoms with Crippen LogP contribution >= 0.6 is 0 Å². The molecule has 0 spiro atoms. The van der Waals surface area contributed by atoms with Crippen LogP contribution in [-0.2, 0) is 0 Å². The molecule has 13 rings (SSSR count). The summed E-state index contributed by atoms with van der Waals surface area (Å²) < 4.78 is 0. The molecule has 0 N–H and O–H groups in total. The molecule has 72 heavy (non-hydrogen) atoms. The maximum Gasteiger partial charge on any atom is 0.178 e. The summed E-state index contributed by atoms with van der Waals surface area (Å²) in [5.41, 5.74) is 19.1. The highest BCUT2D eigenvalue weighted by molar-refractivity contribution is 5.89. The van der Waals surface area contributed by atoms with Crippen molar-refractivity contribution in [2.24, 2.45) is 0 Å². The van der Waals surface area contributed by atoms with Gasteiger partial charge in [0, 0.05) is 53.9 Å². The molecule has 9 heterocycles. The monoisotopic (exact) mass is 924 g/mol. The van der Waals surface area contributed by atoms with Crippen molar-refractivity contribution in [1.82, 2.24) is 59.8 Å². The van der Waals surface area contributed by atoms with Crippen LogP contribution in [0, 0.1) is 0 Å². The summed E-state index contributed by atoms with van der Waals surface area (Å²) in [6.45, 7) is 0. The summed E-state index contributed by atoms with van der Waals surface area (Å²) >= 11 is 0. The average molecular weight is 925 g/mol. The fraction of sp³-hybridized carbons (Fsp3) is 0. The smallest absolute Gasteiger partial charge is 0.178 e. The van der Waals surface area contributed by atoms with Crippen LogP contribution in [0.25, 0.3) is 135 Å². The van der Waals surface area contributed by atoms with E-state index in [1.54, 1.807) is 37.2 Å². The lowest BCUT2D eigenvalue weighted by atomic mass is 9.91. The lowest BCUT2D eigenvalue weighted by molar-refractivity contribution is 1.20. The minimum absolute atomic E-state index is 0.566. The number of aromatic nitrogens is 12. The minimum atomic E-state index is 0.566. The molecule has 336 valence electrons. The Kier molecular flexibility index (Phi) is 10.5. The zero-order valence-electron chi connectivity index (χ0n) is 38.2. The van der Waals surface area contributed by atoms with Crippen molar-refractivity contribution in [2.75, 3.05) is 0 Å². The molecule has 12 heteroatoms. The van der Waals surface area contributed by atoms with E-state index in [1.807, 2.05) is 91.0 Å². The third kappa shape index (κ3) is 8.00. The molecule has 0 aliphatic heterocycles. The Morgan fingerprint density at radius 3 is 0.750 bits per heavy atom. The van der Waals surface area contributed by atoms with Crippen LogP contribution in [-0.4, -0.2) is 59.8 Å². The second-order valence-electron chi connectivity index (χ2n) is 17.0. The van der Waals surface area contributed by atoms with Crippen molar-refractivity contribution >= 4 is 33.5 Å². The number of rotatable bonds is 9. The van der Waals surface area contributed by atoms with E-state index in [2.05, 4.69) is 121 Å². The van der Waals surface area contributed by atoms with Gasteiger partial charge in [-0.05, 0) is 124 Å². The molecule has 0 saturated heterocycles. The Morgan fingerprint density at radius 1 is 0.194 bits per heavy atom. The zero-order chi connectivity index (χ0) is 47.8. The molecule has 0 unspecified atom stereocenters. The van der Waals surface area contributed by atoms with Gasteiger partial charge in [-0.3, -0.25) is 15.0 Å². The van der Waals surface area contributed by atoms with Gasteiger partial charge in [0.25, 0.3) is 0 Å². The van der Waals surface area contributed by atoms with Crippen LogP contribution in [0.1, 0.15) is 0 Å². The first kappa shape index (κ1) is 41.9. The van der Waals surface area contributed by atoms with Crippen LogP contribution in [0.5, 0.6) is 0 Å². The van der Waals surface area contributed by atoms with Gasteiger partial charge < -0.3 is 0 Å². The molecule has 9 aromatic heterocycles. The van der Waals surface area contributed by atoms with Gasteiger partial charge in [-0.2, -0.15) is 0 Å². The lowest BCUT2D eigenvalue weighted by Crippen LogP contribution is -1.98. The van der Waals surface area contributed by atoms with Gasteiger partial charge in [0.15, 0.2) is 16.9 Å². The normalized spacial score (nSPS) is 11.3. The van der Waals surface area contributed by atoms with Crippen LogP contribution in [0.2, 0.25) is 0 Å². The number of fused-ring (bicyclic) bond motifs is 3. The van der Waals surface area contributed by atoms with E-state index < -0.39 is 0 Å². The molecule has 0 bridgehead atoms. The Bertz CT molecular complexity index is 3680. The van der Waals surface area contributed by atoms with Crippen LogP contribution in [0.3, 0.4) is 0 Å². The van der Waals surface area contributed by atoms with Crippen LogP contribution in [0.4, 0.5) is 0 Å². The SMILES string of the molecule is c1ccc(-c2nc3ncccc3nc2-c2ccc(-c3cc(-c4ccc(-c5nc6cccnc6nc5-c5ccccn5)cc4)cc(-c4ccc(-c5nc6cccnc6nc5-c5ccccn5)cc4)c3)cc2)nc1. The summed E-state index contributed by atoms with van der Waals surface area (Å²) in [5.74, 6) is 0. The van der Waals surface area contributed by atoms with E-state index in [4.69, 9.17) is 29.9 Å². The molecule has 0 fully saturated rings. The minimum Gasteiger partial charge on any atom is -0.255 e. The van der Waals surface area contributed by atoms with Gasteiger partial charge >= 0.3 is 0 Å². The third-order valence-electron chi connectivity index (χ3n) is 12.5. The predicted octanol–water partition coefficient (Wildman–Crippen LogP) is 12.9. The predicted molar refractivity (Wildman–Crippen MR) is 281 cm³/mol. The van der Waals surface area contributed by atoms with E-state index in [1.165, 1.54) is 0 Å². The summed E-state index contributed by atoms with van der Waals surface area (Å²) in [7, 11) is 0. The molecule has 0 radical (unpaired) electrons. The van der Waals surface area contributed by atoms with Crippen molar-refractivity contribution in [3.8, 4) is 101 Å². The van der Waals surface area contributed by atoms with E-state index in [0.717, 1.165) is 84.2 Å². The fourth-order valence-corrected chi connectivity index (χ4v) is 8.92. The first-order chi connectivity index (χ1) is 35.6. The van der Waals surface area contributed by atoms with E-state index in [-0.39, 0.29) is 0 Å². The molecule has 12 nitrogen and oxygen atoms in total. The molecule has 0 saturated carbocycles. The molecule has 0 atom stereocenters.